The van der Waals surface area contributed by atoms with Crippen molar-refractivity contribution in [3.8, 4) is 0 Å². The number of hydrogen-bond acceptors (Lipinski definition) is 6. The summed E-state index contributed by atoms with van der Waals surface area (Å²) in [6.45, 7) is 5.24. The number of likely N-dealkylation sites (tertiary alicyclic amines) is 1. The van der Waals surface area contributed by atoms with Crippen LogP contribution in [0.5, 0.6) is 0 Å². The van der Waals surface area contributed by atoms with Crippen molar-refractivity contribution in [2.24, 2.45) is 0 Å². The predicted octanol–water partition coefficient (Wildman–Crippen LogP) is 2.90. The van der Waals surface area contributed by atoms with Crippen LogP contribution in [-0.4, -0.2) is 44.0 Å². The van der Waals surface area contributed by atoms with Gasteiger partial charge in [-0.2, -0.15) is 0 Å². The second-order valence-electron chi connectivity index (χ2n) is 6.63. The minimum atomic E-state index is -0.0581. The molecule has 0 aromatic carbocycles. The zero-order valence-electron chi connectivity index (χ0n) is 15.0. The Labute approximate surface area is 151 Å². The average Bonchev–Trinajstić information content (AvgIpc) is 3.16. The Balaban J connectivity index is 1.51. The average molecular weight is 351 g/mol. The summed E-state index contributed by atoms with van der Waals surface area (Å²) in [6.07, 6.45) is 4.22. The van der Waals surface area contributed by atoms with Crippen LogP contribution < -0.4 is 0 Å². The maximum Gasteiger partial charge on any atom is 0.276 e. The fraction of sp³-hybridized carbons (Fsp3) is 0.421. The molecular weight excluding hydrogens is 330 g/mol. The van der Waals surface area contributed by atoms with Crippen LogP contribution in [0.15, 0.2) is 28.9 Å². The summed E-state index contributed by atoms with van der Waals surface area (Å²) in [5.41, 5.74) is 2.18. The SMILES string of the molecule is CCc1cc(C(=O)N2CCC(c3nc(C)nc4ncccc34)CC2)no1. The van der Waals surface area contributed by atoms with Gasteiger partial charge in [0.1, 0.15) is 11.6 Å². The number of carbonyl (C=O) groups excluding carboxylic acids is 1. The minimum Gasteiger partial charge on any atom is -0.361 e. The van der Waals surface area contributed by atoms with Gasteiger partial charge >= 0.3 is 0 Å². The molecule has 0 bridgehead atoms. The van der Waals surface area contributed by atoms with Crippen LogP contribution in [0.2, 0.25) is 0 Å². The van der Waals surface area contributed by atoms with Crippen molar-refractivity contribution in [3.05, 3.63) is 47.4 Å². The highest BCUT2D eigenvalue weighted by molar-refractivity contribution is 5.92. The van der Waals surface area contributed by atoms with Crippen molar-refractivity contribution >= 4 is 16.9 Å². The van der Waals surface area contributed by atoms with Crippen LogP contribution in [0.1, 0.15) is 53.5 Å². The fourth-order valence-electron chi connectivity index (χ4n) is 3.51. The highest BCUT2D eigenvalue weighted by atomic mass is 16.5. The Hall–Kier alpha value is -2.83. The number of pyridine rings is 1. The van der Waals surface area contributed by atoms with Gasteiger partial charge in [0.2, 0.25) is 0 Å². The number of nitrogens with zero attached hydrogens (tertiary/aromatic N) is 5. The molecule has 0 unspecified atom stereocenters. The molecule has 3 aromatic rings. The lowest BCUT2D eigenvalue weighted by Crippen LogP contribution is -2.38. The van der Waals surface area contributed by atoms with Gasteiger partial charge in [0.05, 0.1) is 5.69 Å². The Morgan fingerprint density at radius 2 is 2.12 bits per heavy atom. The molecule has 1 saturated heterocycles. The first-order chi connectivity index (χ1) is 12.7. The fourth-order valence-corrected chi connectivity index (χ4v) is 3.51. The molecule has 0 atom stereocenters. The third kappa shape index (κ3) is 3.05. The standard InChI is InChI=1S/C19H21N5O2/c1-3-14-11-16(23-26-14)19(25)24-9-6-13(7-10-24)17-15-5-4-8-20-18(15)22-12(2)21-17/h4-5,8,11,13H,3,6-7,9-10H2,1-2H3. The van der Waals surface area contributed by atoms with Crippen molar-refractivity contribution in [2.45, 2.75) is 39.0 Å². The van der Waals surface area contributed by atoms with Crippen molar-refractivity contribution in [1.82, 2.24) is 25.0 Å². The molecule has 0 saturated carbocycles. The van der Waals surface area contributed by atoms with Crippen molar-refractivity contribution in [2.75, 3.05) is 13.1 Å². The molecule has 1 aliphatic heterocycles. The summed E-state index contributed by atoms with van der Waals surface area (Å²) >= 11 is 0. The largest absolute Gasteiger partial charge is 0.361 e. The quantitative estimate of drug-likeness (QED) is 0.721. The maximum atomic E-state index is 12.6. The molecule has 7 nitrogen and oxygen atoms in total. The molecular formula is C19H21N5O2. The highest BCUT2D eigenvalue weighted by Gasteiger charge is 2.28. The van der Waals surface area contributed by atoms with Gasteiger partial charge in [0.15, 0.2) is 11.3 Å². The van der Waals surface area contributed by atoms with Gasteiger partial charge in [-0.05, 0) is 31.9 Å². The third-order valence-corrected chi connectivity index (χ3v) is 4.91. The van der Waals surface area contributed by atoms with E-state index in [4.69, 9.17) is 4.52 Å². The molecule has 1 aliphatic rings. The van der Waals surface area contributed by atoms with Crippen LogP contribution in [0.25, 0.3) is 11.0 Å². The Bertz CT molecular complexity index is 944. The van der Waals surface area contributed by atoms with Crippen molar-refractivity contribution in [3.63, 3.8) is 0 Å². The first-order valence-corrected chi connectivity index (χ1v) is 9.00. The number of amides is 1. The molecule has 0 radical (unpaired) electrons. The molecule has 0 spiro atoms. The molecule has 3 aromatic heterocycles. The van der Waals surface area contributed by atoms with E-state index in [0.29, 0.717) is 24.7 Å². The second kappa shape index (κ2) is 6.82. The molecule has 4 rings (SSSR count). The van der Waals surface area contributed by atoms with Gasteiger partial charge in [-0.1, -0.05) is 12.1 Å². The summed E-state index contributed by atoms with van der Waals surface area (Å²) in [5.74, 6) is 1.71. The number of aryl methyl sites for hydroxylation is 2. The molecule has 7 heteroatoms. The highest BCUT2D eigenvalue weighted by Crippen LogP contribution is 2.31. The zero-order valence-corrected chi connectivity index (χ0v) is 15.0. The number of aromatic nitrogens is 4. The predicted molar refractivity (Wildman–Crippen MR) is 95.8 cm³/mol. The van der Waals surface area contributed by atoms with E-state index in [1.54, 1.807) is 12.3 Å². The van der Waals surface area contributed by atoms with Crippen LogP contribution in [0, 0.1) is 6.92 Å². The summed E-state index contributed by atoms with van der Waals surface area (Å²) in [5, 5.41) is 4.90. The first kappa shape index (κ1) is 16.6. The lowest BCUT2D eigenvalue weighted by Gasteiger charge is -2.31. The van der Waals surface area contributed by atoms with E-state index in [9.17, 15) is 4.79 Å². The Morgan fingerprint density at radius 3 is 2.85 bits per heavy atom. The molecule has 26 heavy (non-hydrogen) atoms. The monoisotopic (exact) mass is 351 g/mol. The zero-order chi connectivity index (χ0) is 18.1. The van der Waals surface area contributed by atoms with E-state index in [1.807, 2.05) is 30.9 Å². The van der Waals surface area contributed by atoms with E-state index in [1.165, 1.54) is 0 Å². The smallest absolute Gasteiger partial charge is 0.276 e. The molecule has 1 amide bonds. The molecule has 134 valence electrons. The topological polar surface area (TPSA) is 85.0 Å². The number of piperidine rings is 1. The summed E-state index contributed by atoms with van der Waals surface area (Å²) < 4.78 is 5.16. The number of carbonyl (C=O) groups is 1. The van der Waals surface area contributed by atoms with Crippen LogP contribution in [-0.2, 0) is 6.42 Å². The van der Waals surface area contributed by atoms with Crippen LogP contribution in [0.4, 0.5) is 0 Å². The van der Waals surface area contributed by atoms with E-state index in [2.05, 4.69) is 20.1 Å². The molecule has 1 fully saturated rings. The van der Waals surface area contributed by atoms with Gasteiger partial charge in [-0.15, -0.1) is 0 Å². The van der Waals surface area contributed by atoms with Gasteiger partial charge in [0, 0.05) is 43.1 Å². The normalized spacial score (nSPS) is 15.5. The Kier molecular flexibility index (Phi) is 4.36. The lowest BCUT2D eigenvalue weighted by atomic mass is 9.91. The van der Waals surface area contributed by atoms with Crippen LogP contribution in [0.3, 0.4) is 0 Å². The minimum absolute atomic E-state index is 0.0581. The van der Waals surface area contributed by atoms with Gasteiger partial charge < -0.3 is 9.42 Å². The third-order valence-electron chi connectivity index (χ3n) is 4.91. The first-order valence-electron chi connectivity index (χ1n) is 9.00. The molecule has 4 heterocycles. The second-order valence-corrected chi connectivity index (χ2v) is 6.63. The summed E-state index contributed by atoms with van der Waals surface area (Å²) in [6, 6.07) is 5.68. The molecule has 0 aliphatic carbocycles. The summed E-state index contributed by atoms with van der Waals surface area (Å²) in [7, 11) is 0. The van der Waals surface area contributed by atoms with E-state index in [0.717, 1.165) is 47.6 Å². The van der Waals surface area contributed by atoms with E-state index >= 15 is 0 Å². The number of rotatable bonds is 3. The Morgan fingerprint density at radius 1 is 1.31 bits per heavy atom. The van der Waals surface area contributed by atoms with Gasteiger partial charge in [-0.3, -0.25) is 4.79 Å². The number of fused-ring (bicyclic) bond motifs is 1. The van der Waals surface area contributed by atoms with E-state index in [-0.39, 0.29) is 5.91 Å². The van der Waals surface area contributed by atoms with Crippen LogP contribution >= 0.6 is 0 Å². The van der Waals surface area contributed by atoms with Crippen molar-refractivity contribution in [1.29, 1.82) is 0 Å². The van der Waals surface area contributed by atoms with Gasteiger partial charge in [-0.25, -0.2) is 15.0 Å². The lowest BCUT2D eigenvalue weighted by molar-refractivity contribution is 0.0702. The maximum absolute atomic E-state index is 12.6. The van der Waals surface area contributed by atoms with E-state index < -0.39 is 0 Å². The van der Waals surface area contributed by atoms with Crippen molar-refractivity contribution < 1.29 is 9.32 Å². The molecule has 0 N–H and O–H groups in total. The number of hydrogen-bond donors (Lipinski definition) is 0. The van der Waals surface area contributed by atoms with Gasteiger partial charge in [0.25, 0.3) is 5.91 Å². The summed E-state index contributed by atoms with van der Waals surface area (Å²) in [4.78, 5) is 27.9.